The summed E-state index contributed by atoms with van der Waals surface area (Å²) >= 11 is 3.45. The second-order valence-electron chi connectivity index (χ2n) is 5.91. The Bertz CT molecular complexity index is 377. The molecule has 0 radical (unpaired) electrons. The van der Waals surface area contributed by atoms with E-state index < -0.39 is 0 Å². The maximum atomic E-state index is 4.53. The van der Waals surface area contributed by atoms with Crippen LogP contribution in [0.2, 0.25) is 0 Å². The molecule has 3 atom stereocenters. The van der Waals surface area contributed by atoms with E-state index in [0.29, 0.717) is 6.04 Å². The minimum atomic E-state index is 0.596. The van der Waals surface area contributed by atoms with Crippen LogP contribution in [0, 0.1) is 11.8 Å². The molecule has 0 bridgehead atoms. The van der Waals surface area contributed by atoms with Crippen LogP contribution in [0.15, 0.2) is 22.8 Å². The maximum absolute atomic E-state index is 4.53. The molecule has 0 amide bonds. The highest BCUT2D eigenvalue weighted by Crippen LogP contribution is 2.33. The normalized spacial score (nSPS) is 24.6. The summed E-state index contributed by atoms with van der Waals surface area (Å²) in [6, 6.07) is 4.83. The van der Waals surface area contributed by atoms with Gasteiger partial charge in [-0.15, -0.1) is 0 Å². The fourth-order valence-corrected chi connectivity index (χ4v) is 3.34. The SMILES string of the molecule is CCCNC(Cc1ccc(Br)cn1)C1CCC(C)C1. The molecular weight excluding hydrogens is 300 g/mol. The van der Waals surface area contributed by atoms with Crippen molar-refractivity contribution in [2.24, 2.45) is 11.8 Å². The van der Waals surface area contributed by atoms with E-state index in [-0.39, 0.29) is 0 Å². The number of rotatable bonds is 6. The number of halogens is 1. The van der Waals surface area contributed by atoms with E-state index in [2.05, 4.69) is 52.2 Å². The van der Waals surface area contributed by atoms with Gasteiger partial charge in [0, 0.05) is 28.8 Å². The second-order valence-corrected chi connectivity index (χ2v) is 6.83. The largest absolute Gasteiger partial charge is 0.313 e. The van der Waals surface area contributed by atoms with Crippen LogP contribution in [0.4, 0.5) is 0 Å². The van der Waals surface area contributed by atoms with Crippen molar-refractivity contribution in [3.63, 3.8) is 0 Å². The molecule has 19 heavy (non-hydrogen) atoms. The van der Waals surface area contributed by atoms with E-state index in [1.807, 2.05) is 6.20 Å². The summed E-state index contributed by atoms with van der Waals surface area (Å²) in [4.78, 5) is 4.53. The van der Waals surface area contributed by atoms with E-state index in [4.69, 9.17) is 0 Å². The topological polar surface area (TPSA) is 24.9 Å². The van der Waals surface area contributed by atoms with Crippen LogP contribution >= 0.6 is 15.9 Å². The molecule has 3 unspecified atom stereocenters. The van der Waals surface area contributed by atoms with E-state index in [9.17, 15) is 0 Å². The van der Waals surface area contributed by atoms with Crippen molar-refractivity contribution in [3.8, 4) is 0 Å². The molecule has 2 rings (SSSR count). The number of nitrogens with zero attached hydrogens (tertiary/aromatic N) is 1. The third kappa shape index (κ3) is 4.57. The Morgan fingerprint density at radius 2 is 2.26 bits per heavy atom. The average molecular weight is 325 g/mol. The Morgan fingerprint density at radius 3 is 2.84 bits per heavy atom. The van der Waals surface area contributed by atoms with Gasteiger partial charge in [-0.3, -0.25) is 4.98 Å². The monoisotopic (exact) mass is 324 g/mol. The first-order valence-corrected chi connectivity index (χ1v) is 8.32. The van der Waals surface area contributed by atoms with Crippen LogP contribution in [0.1, 0.15) is 45.2 Å². The van der Waals surface area contributed by atoms with E-state index in [1.165, 1.54) is 31.4 Å². The first kappa shape index (κ1) is 15.0. The number of aromatic nitrogens is 1. The molecule has 3 heteroatoms. The van der Waals surface area contributed by atoms with Crippen molar-refractivity contribution < 1.29 is 0 Å². The fourth-order valence-electron chi connectivity index (χ4n) is 3.10. The second kappa shape index (κ2) is 7.39. The summed E-state index contributed by atoms with van der Waals surface area (Å²) in [5.74, 6) is 1.72. The highest BCUT2D eigenvalue weighted by atomic mass is 79.9. The summed E-state index contributed by atoms with van der Waals surface area (Å²) in [6.07, 6.45) is 8.31. The number of hydrogen-bond acceptors (Lipinski definition) is 2. The van der Waals surface area contributed by atoms with Gasteiger partial charge in [0.1, 0.15) is 0 Å². The van der Waals surface area contributed by atoms with Crippen molar-refractivity contribution in [3.05, 3.63) is 28.5 Å². The van der Waals surface area contributed by atoms with Crippen LogP contribution in [-0.4, -0.2) is 17.6 Å². The predicted octanol–water partition coefficient (Wildman–Crippen LogP) is 4.19. The first-order valence-electron chi connectivity index (χ1n) is 7.52. The lowest BCUT2D eigenvalue weighted by atomic mass is 9.93. The summed E-state index contributed by atoms with van der Waals surface area (Å²) in [6.45, 7) is 5.74. The molecule has 1 aromatic heterocycles. The smallest absolute Gasteiger partial charge is 0.0420 e. The zero-order valence-corrected chi connectivity index (χ0v) is 13.6. The van der Waals surface area contributed by atoms with Gasteiger partial charge in [0.05, 0.1) is 0 Å². The average Bonchev–Trinajstić information content (AvgIpc) is 2.83. The van der Waals surface area contributed by atoms with Gasteiger partial charge in [0.25, 0.3) is 0 Å². The predicted molar refractivity (Wildman–Crippen MR) is 84.2 cm³/mol. The minimum Gasteiger partial charge on any atom is -0.313 e. The molecule has 106 valence electrons. The molecule has 1 saturated carbocycles. The standard InChI is InChI=1S/C16H25BrN2/c1-3-8-18-16(13-5-4-12(2)9-13)10-15-7-6-14(17)11-19-15/h6-7,11-13,16,18H,3-5,8-10H2,1-2H3. The number of nitrogens with one attached hydrogen (secondary N) is 1. The molecule has 1 aromatic rings. The summed E-state index contributed by atoms with van der Waals surface area (Å²) in [7, 11) is 0. The molecule has 2 nitrogen and oxygen atoms in total. The van der Waals surface area contributed by atoms with Crippen molar-refractivity contribution in [2.75, 3.05) is 6.54 Å². The van der Waals surface area contributed by atoms with E-state index in [1.54, 1.807) is 0 Å². The quantitative estimate of drug-likeness (QED) is 0.848. The van der Waals surface area contributed by atoms with Crippen molar-refractivity contribution >= 4 is 15.9 Å². The van der Waals surface area contributed by atoms with Crippen LogP contribution in [0.3, 0.4) is 0 Å². The Morgan fingerprint density at radius 1 is 1.42 bits per heavy atom. The third-order valence-electron chi connectivity index (χ3n) is 4.18. The molecule has 0 saturated heterocycles. The molecule has 0 aliphatic heterocycles. The molecule has 1 aliphatic rings. The number of hydrogen-bond donors (Lipinski definition) is 1. The highest BCUT2D eigenvalue weighted by molar-refractivity contribution is 9.10. The van der Waals surface area contributed by atoms with Gasteiger partial charge in [0.2, 0.25) is 0 Å². The van der Waals surface area contributed by atoms with Gasteiger partial charge in [0.15, 0.2) is 0 Å². The molecule has 1 aliphatic carbocycles. The summed E-state index contributed by atoms with van der Waals surface area (Å²) in [5.41, 5.74) is 1.20. The Balaban J connectivity index is 1.98. The van der Waals surface area contributed by atoms with Gasteiger partial charge < -0.3 is 5.32 Å². The molecule has 1 N–H and O–H groups in total. The van der Waals surface area contributed by atoms with E-state index in [0.717, 1.165) is 29.3 Å². The Kier molecular flexibility index (Phi) is 5.83. The van der Waals surface area contributed by atoms with Gasteiger partial charge >= 0.3 is 0 Å². The van der Waals surface area contributed by atoms with Gasteiger partial charge in [-0.1, -0.05) is 20.3 Å². The molecule has 0 aromatic carbocycles. The Labute approximate surface area is 125 Å². The lowest BCUT2D eigenvalue weighted by molar-refractivity contribution is 0.346. The highest BCUT2D eigenvalue weighted by Gasteiger charge is 2.28. The van der Waals surface area contributed by atoms with Crippen molar-refractivity contribution in [1.29, 1.82) is 0 Å². The fraction of sp³-hybridized carbons (Fsp3) is 0.688. The van der Waals surface area contributed by atoms with Crippen LogP contribution < -0.4 is 5.32 Å². The van der Waals surface area contributed by atoms with Crippen LogP contribution in [-0.2, 0) is 6.42 Å². The minimum absolute atomic E-state index is 0.596. The molecule has 0 spiro atoms. The Hall–Kier alpha value is -0.410. The number of pyridine rings is 1. The third-order valence-corrected chi connectivity index (χ3v) is 4.65. The van der Waals surface area contributed by atoms with Gasteiger partial charge in [-0.05, 0) is 65.7 Å². The van der Waals surface area contributed by atoms with Crippen LogP contribution in [0.5, 0.6) is 0 Å². The zero-order valence-electron chi connectivity index (χ0n) is 12.0. The van der Waals surface area contributed by atoms with Crippen LogP contribution in [0.25, 0.3) is 0 Å². The van der Waals surface area contributed by atoms with Gasteiger partial charge in [-0.2, -0.15) is 0 Å². The lowest BCUT2D eigenvalue weighted by Gasteiger charge is -2.25. The summed E-state index contributed by atoms with van der Waals surface area (Å²) in [5, 5.41) is 3.74. The van der Waals surface area contributed by atoms with Crippen molar-refractivity contribution in [2.45, 2.75) is 52.0 Å². The molecular formula is C16H25BrN2. The zero-order chi connectivity index (χ0) is 13.7. The molecule has 1 heterocycles. The van der Waals surface area contributed by atoms with Gasteiger partial charge in [-0.25, -0.2) is 0 Å². The van der Waals surface area contributed by atoms with Crippen molar-refractivity contribution in [1.82, 2.24) is 10.3 Å². The lowest BCUT2D eigenvalue weighted by Crippen LogP contribution is -2.38. The summed E-state index contributed by atoms with van der Waals surface area (Å²) < 4.78 is 1.06. The first-order chi connectivity index (χ1) is 9.19. The molecule has 1 fully saturated rings. The van der Waals surface area contributed by atoms with E-state index >= 15 is 0 Å². The maximum Gasteiger partial charge on any atom is 0.0420 e.